The molecule has 2 aliphatic rings. The molecular formula is C23H32N6O4S. The van der Waals surface area contributed by atoms with Gasteiger partial charge in [0.05, 0.1) is 37.2 Å². The lowest BCUT2D eigenvalue weighted by Crippen LogP contribution is -2.46. The van der Waals surface area contributed by atoms with Crippen molar-refractivity contribution in [3.8, 4) is 11.4 Å². The van der Waals surface area contributed by atoms with Gasteiger partial charge in [-0.2, -0.15) is 4.31 Å². The second-order valence-corrected chi connectivity index (χ2v) is 10.7. The van der Waals surface area contributed by atoms with E-state index < -0.39 is 10.0 Å². The third-order valence-corrected chi connectivity index (χ3v) is 7.97. The molecule has 0 radical (unpaired) electrons. The molecule has 1 aromatic heterocycles. The number of ether oxygens (including phenoxy) is 1. The zero-order chi connectivity index (χ0) is 24.3. The van der Waals surface area contributed by atoms with Gasteiger partial charge in [-0.25, -0.2) is 23.2 Å². The van der Waals surface area contributed by atoms with Crippen LogP contribution < -0.4 is 15.5 Å². The molecule has 34 heavy (non-hydrogen) atoms. The summed E-state index contributed by atoms with van der Waals surface area (Å²) in [6, 6.07) is 7.22. The Kier molecular flexibility index (Phi) is 7.34. The highest BCUT2D eigenvalue weighted by molar-refractivity contribution is 7.89. The average molecular weight is 489 g/mol. The number of carbonyl (C=O) groups is 1. The molecule has 1 aromatic carbocycles. The van der Waals surface area contributed by atoms with Crippen molar-refractivity contribution in [3.05, 3.63) is 35.5 Å². The number of urea groups is 1. The van der Waals surface area contributed by atoms with Crippen LogP contribution in [0.25, 0.3) is 11.4 Å². The summed E-state index contributed by atoms with van der Waals surface area (Å²) in [5.41, 5.74) is 3.21. The standard InChI is InChI=1S/C23H32N6O4S/c1-4-24-23(30)25-18-8-6-17(7-9-18)21-26-20-14-28(34(31,32)5-2)11-10-19(20)22(27-21)29-12-13-33-15-16(29)3/h6-9,16H,4-5,10-15H2,1-3H3,(H2,24,25,30)/t16-/m0/s1. The van der Waals surface area contributed by atoms with Crippen molar-refractivity contribution in [1.82, 2.24) is 19.6 Å². The van der Waals surface area contributed by atoms with Crippen molar-refractivity contribution in [1.29, 1.82) is 0 Å². The summed E-state index contributed by atoms with van der Waals surface area (Å²) >= 11 is 0. The third-order valence-electron chi connectivity index (χ3n) is 6.14. The summed E-state index contributed by atoms with van der Waals surface area (Å²) in [6.45, 7) is 8.78. The zero-order valence-corrected chi connectivity index (χ0v) is 20.7. The van der Waals surface area contributed by atoms with Crippen LogP contribution in [0.4, 0.5) is 16.3 Å². The largest absolute Gasteiger partial charge is 0.377 e. The average Bonchev–Trinajstić information content (AvgIpc) is 2.84. The fourth-order valence-electron chi connectivity index (χ4n) is 4.25. The molecule has 0 aliphatic carbocycles. The molecule has 2 aromatic rings. The maximum Gasteiger partial charge on any atom is 0.319 e. The van der Waals surface area contributed by atoms with E-state index in [0.29, 0.717) is 44.2 Å². The lowest BCUT2D eigenvalue weighted by atomic mass is 10.0. The quantitative estimate of drug-likeness (QED) is 0.640. The number of benzene rings is 1. The number of aromatic nitrogens is 2. The van der Waals surface area contributed by atoms with Gasteiger partial charge in [0.2, 0.25) is 10.0 Å². The Balaban J connectivity index is 1.71. The number of anilines is 2. The van der Waals surface area contributed by atoms with E-state index in [2.05, 4.69) is 22.5 Å². The highest BCUT2D eigenvalue weighted by Crippen LogP contribution is 2.32. The van der Waals surface area contributed by atoms with Crippen LogP contribution in [0.5, 0.6) is 0 Å². The van der Waals surface area contributed by atoms with Gasteiger partial charge in [0, 0.05) is 36.4 Å². The lowest BCUT2D eigenvalue weighted by molar-refractivity contribution is 0.0984. The van der Waals surface area contributed by atoms with Gasteiger partial charge in [-0.1, -0.05) is 0 Å². The Labute approximate surface area is 200 Å². The van der Waals surface area contributed by atoms with Crippen molar-refractivity contribution < 1.29 is 17.9 Å². The number of hydrogen-bond donors (Lipinski definition) is 2. The van der Waals surface area contributed by atoms with Gasteiger partial charge in [-0.15, -0.1) is 0 Å². The van der Waals surface area contributed by atoms with Crippen molar-refractivity contribution in [2.24, 2.45) is 0 Å². The molecule has 3 heterocycles. The Hall–Kier alpha value is -2.76. The highest BCUT2D eigenvalue weighted by Gasteiger charge is 2.32. The fourth-order valence-corrected chi connectivity index (χ4v) is 5.31. The maximum absolute atomic E-state index is 12.5. The van der Waals surface area contributed by atoms with Crippen LogP contribution in [-0.2, 0) is 27.7 Å². The minimum Gasteiger partial charge on any atom is -0.377 e. The molecule has 2 aliphatic heterocycles. The summed E-state index contributed by atoms with van der Waals surface area (Å²) in [5, 5.41) is 5.48. The van der Waals surface area contributed by atoms with Crippen molar-refractivity contribution in [3.63, 3.8) is 0 Å². The van der Waals surface area contributed by atoms with Crippen molar-refractivity contribution in [2.45, 2.75) is 39.8 Å². The van der Waals surface area contributed by atoms with Crippen molar-refractivity contribution in [2.75, 3.05) is 48.8 Å². The number of carbonyl (C=O) groups excluding carboxylic acids is 1. The molecule has 4 rings (SSSR count). The molecule has 0 spiro atoms. The summed E-state index contributed by atoms with van der Waals surface area (Å²) in [7, 11) is -3.32. The predicted molar refractivity (Wildman–Crippen MR) is 131 cm³/mol. The zero-order valence-electron chi connectivity index (χ0n) is 19.9. The van der Waals surface area contributed by atoms with Gasteiger partial charge in [-0.05, 0) is 51.5 Å². The van der Waals surface area contributed by atoms with E-state index in [1.165, 1.54) is 4.31 Å². The van der Waals surface area contributed by atoms with Gasteiger partial charge in [0.1, 0.15) is 5.82 Å². The van der Waals surface area contributed by atoms with E-state index in [1.807, 2.05) is 19.1 Å². The monoisotopic (exact) mass is 488 g/mol. The second-order valence-electron chi connectivity index (χ2n) is 8.46. The molecule has 0 saturated carbocycles. The first kappa shape index (κ1) is 24.4. The smallest absolute Gasteiger partial charge is 0.319 e. The Morgan fingerprint density at radius 2 is 1.94 bits per heavy atom. The molecule has 10 nitrogen and oxygen atoms in total. The number of morpholine rings is 1. The van der Waals surface area contributed by atoms with Gasteiger partial charge in [0.15, 0.2) is 5.82 Å². The normalized spacial score (nSPS) is 18.9. The maximum atomic E-state index is 12.5. The first-order chi connectivity index (χ1) is 16.3. The molecule has 0 unspecified atom stereocenters. The number of sulfonamides is 1. The molecular weight excluding hydrogens is 456 g/mol. The van der Waals surface area contributed by atoms with Crippen LogP contribution in [0.15, 0.2) is 24.3 Å². The number of rotatable bonds is 6. The fraction of sp³-hybridized carbons (Fsp3) is 0.522. The summed E-state index contributed by atoms with van der Waals surface area (Å²) in [4.78, 5) is 23.8. The number of amides is 2. The van der Waals surface area contributed by atoms with Gasteiger partial charge < -0.3 is 20.3 Å². The number of nitrogens with one attached hydrogen (secondary N) is 2. The topological polar surface area (TPSA) is 117 Å². The summed E-state index contributed by atoms with van der Waals surface area (Å²) in [5.74, 6) is 1.45. The molecule has 0 bridgehead atoms. The Bertz CT molecular complexity index is 1140. The number of hydrogen-bond acceptors (Lipinski definition) is 7. The molecule has 1 atom stereocenters. The van der Waals surface area contributed by atoms with Crippen LogP contribution in [0, 0.1) is 0 Å². The first-order valence-electron chi connectivity index (χ1n) is 11.7. The Morgan fingerprint density at radius 3 is 2.62 bits per heavy atom. The number of nitrogens with zero attached hydrogens (tertiary/aromatic N) is 4. The van der Waals surface area contributed by atoms with Crippen LogP contribution in [0.2, 0.25) is 0 Å². The Morgan fingerprint density at radius 1 is 1.18 bits per heavy atom. The van der Waals surface area contributed by atoms with E-state index in [1.54, 1.807) is 19.1 Å². The minimum absolute atomic E-state index is 0.0632. The minimum atomic E-state index is -3.32. The van der Waals surface area contributed by atoms with E-state index in [-0.39, 0.29) is 24.4 Å². The van der Waals surface area contributed by atoms with Crippen LogP contribution in [0.1, 0.15) is 32.0 Å². The molecule has 1 saturated heterocycles. The van der Waals surface area contributed by atoms with Crippen molar-refractivity contribution >= 4 is 27.6 Å². The summed E-state index contributed by atoms with van der Waals surface area (Å²) in [6.07, 6.45) is 0.573. The molecule has 184 valence electrons. The van der Waals surface area contributed by atoms with Crippen LogP contribution in [0.3, 0.4) is 0 Å². The van der Waals surface area contributed by atoms with Crippen LogP contribution in [-0.4, -0.2) is 73.4 Å². The molecule has 2 amide bonds. The third kappa shape index (κ3) is 5.16. The highest BCUT2D eigenvalue weighted by atomic mass is 32.2. The SMILES string of the molecule is CCNC(=O)Nc1ccc(-c2nc3c(c(N4CCOC[C@@H]4C)n2)CCN(S(=O)(=O)CC)C3)cc1. The molecule has 2 N–H and O–H groups in total. The van der Waals surface area contributed by atoms with E-state index in [0.717, 1.165) is 29.2 Å². The summed E-state index contributed by atoms with van der Waals surface area (Å²) < 4.78 is 32.2. The number of fused-ring (bicyclic) bond motifs is 1. The predicted octanol–water partition coefficient (Wildman–Crippen LogP) is 2.22. The van der Waals surface area contributed by atoms with E-state index in [4.69, 9.17) is 14.7 Å². The van der Waals surface area contributed by atoms with Crippen LogP contribution >= 0.6 is 0 Å². The van der Waals surface area contributed by atoms with E-state index >= 15 is 0 Å². The molecule has 11 heteroatoms. The van der Waals surface area contributed by atoms with E-state index in [9.17, 15) is 13.2 Å². The second kappa shape index (κ2) is 10.2. The van der Waals surface area contributed by atoms with Gasteiger partial charge >= 0.3 is 6.03 Å². The van der Waals surface area contributed by atoms with Gasteiger partial charge in [0.25, 0.3) is 0 Å². The first-order valence-corrected chi connectivity index (χ1v) is 13.3. The lowest BCUT2D eigenvalue weighted by Gasteiger charge is -2.37. The van der Waals surface area contributed by atoms with Gasteiger partial charge in [-0.3, -0.25) is 0 Å². The molecule has 1 fully saturated rings.